The molecule has 2 aromatic rings. The third-order valence-electron chi connectivity index (χ3n) is 5.72. The standard InChI is InChI=1S/C21H27FN6O/c1-2-25-9-11-27(12-10-25)20(29)18-7-8-23-21(24-18)28-15-13-26(14-16-28)19-6-4-3-5-17(19)22/h3-8H,2,9-16H2,1H3. The van der Waals surface area contributed by atoms with Crippen molar-refractivity contribution in [3.63, 3.8) is 0 Å². The smallest absolute Gasteiger partial charge is 0.272 e. The maximum absolute atomic E-state index is 14.0. The summed E-state index contributed by atoms with van der Waals surface area (Å²) in [6, 6.07) is 8.53. The predicted octanol–water partition coefficient (Wildman–Crippen LogP) is 1.72. The van der Waals surface area contributed by atoms with Crippen LogP contribution in [0.4, 0.5) is 16.0 Å². The minimum Gasteiger partial charge on any atom is -0.366 e. The van der Waals surface area contributed by atoms with Gasteiger partial charge >= 0.3 is 0 Å². The lowest BCUT2D eigenvalue weighted by molar-refractivity contribution is 0.0637. The Labute approximate surface area is 170 Å². The number of benzene rings is 1. The van der Waals surface area contributed by atoms with Gasteiger partial charge in [-0.15, -0.1) is 0 Å². The van der Waals surface area contributed by atoms with Crippen LogP contribution in [-0.4, -0.2) is 84.6 Å². The van der Waals surface area contributed by atoms with E-state index in [2.05, 4.69) is 26.7 Å². The second kappa shape index (κ2) is 8.73. The summed E-state index contributed by atoms with van der Waals surface area (Å²) < 4.78 is 14.0. The molecule has 0 radical (unpaired) electrons. The van der Waals surface area contributed by atoms with Crippen LogP contribution in [0.3, 0.4) is 0 Å². The number of amides is 1. The molecule has 1 aromatic carbocycles. The highest BCUT2D eigenvalue weighted by atomic mass is 19.1. The number of anilines is 2. The van der Waals surface area contributed by atoms with Crippen molar-refractivity contribution in [2.45, 2.75) is 6.92 Å². The average molecular weight is 398 g/mol. The number of hydrogen-bond acceptors (Lipinski definition) is 6. The van der Waals surface area contributed by atoms with Crippen LogP contribution >= 0.6 is 0 Å². The number of halogens is 1. The lowest BCUT2D eigenvalue weighted by atomic mass is 10.2. The summed E-state index contributed by atoms with van der Waals surface area (Å²) in [4.78, 5) is 30.1. The van der Waals surface area contributed by atoms with E-state index in [0.717, 1.165) is 32.7 Å². The van der Waals surface area contributed by atoms with Crippen molar-refractivity contribution in [1.82, 2.24) is 19.8 Å². The second-order valence-electron chi connectivity index (χ2n) is 7.39. The van der Waals surface area contributed by atoms with Crippen LogP contribution in [-0.2, 0) is 0 Å². The van der Waals surface area contributed by atoms with Gasteiger partial charge < -0.3 is 19.6 Å². The van der Waals surface area contributed by atoms with E-state index in [0.29, 0.717) is 43.5 Å². The molecule has 2 saturated heterocycles. The molecule has 0 spiro atoms. The van der Waals surface area contributed by atoms with Gasteiger partial charge in [-0.05, 0) is 24.7 Å². The van der Waals surface area contributed by atoms with Crippen molar-refractivity contribution in [2.75, 3.05) is 68.7 Å². The molecular weight excluding hydrogens is 371 g/mol. The molecule has 7 nitrogen and oxygen atoms in total. The minimum absolute atomic E-state index is 0.0330. The molecule has 2 aliphatic heterocycles. The van der Waals surface area contributed by atoms with Gasteiger partial charge in [-0.25, -0.2) is 14.4 Å². The molecule has 2 aliphatic rings. The molecule has 3 heterocycles. The number of para-hydroxylation sites is 1. The number of carbonyl (C=O) groups is 1. The highest BCUT2D eigenvalue weighted by Crippen LogP contribution is 2.21. The normalized spacial score (nSPS) is 18.2. The van der Waals surface area contributed by atoms with Crippen molar-refractivity contribution in [2.24, 2.45) is 0 Å². The number of nitrogens with zero attached hydrogens (tertiary/aromatic N) is 6. The van der Waals surface area contributed by atoms with Crippen molar-refractivity contribution in [1.29, 1.82) is 0 Å². The first kappa shape index (κ1) is 19.6. The van der Waals surface area contributed by atoms with Crippen LogP contribution in [0.15, 0.2) is 36.5 Å². The van der Waals surface area contributed by atoms with E-state index in [4.69, 9.17) is 0 Å². The zero-order valence-electron chi connectivity index (χ0n) is 16.8. The summed E-state index contributed by atoms with van der Waals surface area (Å²) >= 11 is 0. The fourth-order valence-corrected chi connectivity index (χ4v) is 3.90. The Kier molecular flexibility index (Phi) is 5.89. The fourth-order valence-electron chi connectivity index (χ4n) is 3.90. The summed E-state index contributed by atoms with van der Waals surface area (Å²) in [6.07, 6.45) is 1.65. The molecule has 0 bridgehead atoms. The van der Waals surface area contributed by atoms with Crippen LogP contribution in [0.25, 0.3) is 0 Å². The van der Waals surface area contributed by atoms with E-state index >= 15 is 0 Å². The van der Waals surface area contributed by atoms with Crippen LogP contribution < -0.4 is 9.80 Å². The topological polar surface area (TPSA) is 55.8 Å². The first-order valence-corrected chi connectivity index (χ1v) is 10.2. The molecule has 0 saturated carbocycles. The van der Waals surface area contributed by atoms with E-state index in [1.165, 1.54) is 6.07 Å². The van der Waals surface area contributed by atoms with Crippen molar-refractivity contribution >= 4 is 17.5 Å². The minimum atomic E-state index is -0.201. The quantitative estimate of drug-likeness (QED) is 0.782. The van der Waals surface area contributed by atoms with E-state index in [-0.39, 0.29) is 11.7 Å². The molecule has 1 aromatic heterocycles. The number of piperazine rings is 2. The first-order chi connectivity index (χ1) is 14.2. The zero-order valence-corrected chi connectivity index (χ0v) is 16.8. The Morgan fingerprint density at radius 2 is 1.66 bits per heavy atom. The highest BCUT2D eigenvalue weighted by Gasteiger charge is 2.25. The zero-order chi connectivity index (χ0) is 20.2. The second-order valence-corrected chi connectivity index (χ2v) is 7.39. The SMILES string of the molecule is CCN1CCN(C(=O)c2ccnc(N3CCN(c4ccccc4F)CC3)n2)CC1. The Bertz CT molecular complexity index is 847. The summed E-state index contributed by atoms with van der Waals surface area (Å²) in [7, 11) is 0. The summed E-state index contributed by atoms with van der Waals surface area (Å²) in [5.74, 6) is 0.332. The highest BCUT2D eigenvalue weighted by molar-refractivity contribution is 5.92. The maximum atomic E-state index is 14.0. The molecule has 0 aliphatic carbocycles. The molecule has 0 N–H and O–H groups in total. The molecule has 0 unspecified atom stereocenters. The predicted molar refractivity (Wildman–Crippen MR) is 111 cm³/mol. The van der Waals surface area contributed by atoms with Crippen molar-refractivity contribution in [3.8, 4) is 0 Å². The third kappa shape index (κ3) is 4.32. The van der Waals surface area contributed by atoms with Gasteiger partial charge in [-0.3, -0.25) is 4.79 Å². The van der Waals surface area contributed by atoms with Crippen molar-refractivity contribution in [3.05, 3.63) is 48.0 Å². The number of rotatable bonds is 4. The Balaban J connectivity index is 1.39. The van der Waals surface area contributed by atoms with Gasteiger partial charge in [0.05, 0.1) is 5.69 Å². The van der Waals surface area contributed by atoms with E-state index in [1.54, 1.807) is 24.4 Å². The van der Waals surface area contributed by atoms with E-state index in [9.17, 15) is 9.18 Å². The molecule has 1 amide bonds. The van der Waals surface area contributed by atoms with Crippen LogP contribution in [0.1, 0.15) is 17.4 Å². The van der Waals surface area contributed by atoms with Gasteiger partial charge in [0.25, 0.3) is 5.91 Å². The summed E-state index contributed by atoms with van der Waals surface area (Å²) in [5, 5.41) is 0. The molecule has 0 atom stereocenters. The summed E-state index contributed by atoms with van der Waals surface area (Å²) in [6.45, 7) is 9.14. The molecule has 29 heavy (non-hydrogen) atoms. The monoisotopic (exact) mass is 398 g/mol. The van der Waals surface area contributed by atoms with Gasteiger partial charge in [-0.1, -0.05) is 19.1 Å². The number of likely N-dealkylation sites (N-methyl/N-ethyl adjacent to an activating group) is 1. The van der Waals surface area contributed by atoms with Gasteiger partial charge in [0.15, 0.2) is 0 Å². The molecule has 8 heteroatoms. The van der Waals surface area contributed by atoms with Crippen molar-refractivity contribution < 1.29 is 9.18 Å². The first-order valence-electron chi connectivity index (χ1n) is 10.2. The Morgan fingerprint density at radius 3 is 2.34 bits per heavy atom. The van der Waals surface area contributed by atoms with Crippen LogP contribution in [0.2, 0.25) is 0 Å². The van der Waals surface area contributed by atoms with Crippen LogP contribution in [0, 0.1) is 5.82 Å². The number of carbonyl (C=O) groups excluding carboxylic acids is 1. The van der Waals surface area contributed by atoms with Crippen LogP contribution in [0.5, 0.6) is 0 Å². The van der Waals surface area contributed by atoms with Gasteiger partial charge in [-0.2, -0.15) is 0 Å². The average Bonchev–Trinajstić information content (AvgIpc) is 2.79. The fraction of sp³-hybridized carbons (Fsp3) is 0.476. The van der Waals surface area contributed by atoms with Gasteiger partial charge in [0.1, 0.15) is 11.5 Å². The van der Waals surface area contributed by atoms with E-state index in [1.807, 2.05) is 15.9 Å². The number of aromatic nitrogens is 2. The molecule has 4 rings (SSSR count). The number of hydrogen-bond donors (Lipinski definition) is 0. The van der Waals surface area contributed by atoms with E-state index < -0.39 is 0 Å². The molecule has 154 valence electrons. The van der Waals surface area contributed by atoms with Gasteiger partial charge in [0.2, 0.25) is 5.95 Å². The van der Waals surface area contributed by atoms with Gasteiger partial charge in [0, 0.05) is 58.6 Å². The third-order valence-corrected chi connectivity index (χ3v) is 5.72. The Hall–Kier alpha value is -2.74. The lowest BCUT2D eigenvalue weighted by Gasteiger charge is -2.36. The lowest BCUT2D eigenvalue weighted by Crippen LogP contribution is -2.49. The Morgan fingerprint density at radius 1 is 0.966 bits per heavy atom. The molecule has 2 fully saturated rings. The maximum Gasteiger partial charge on any atom is 0.272 e. The summed E-state index contributed by atoms with van der Waals surface area (Å²) in [5.41, 5.74) is 1.07. The molecular formula is C21H27FN6O. The largest absolute Gasteiger partial charge is 0.366 e.